The van der Waals surface area contributed by atoms with E-state index in [0.717, 1.165) is 32.4 Å². The second-order valence-electron chi connectivity index (χ2n) is 7.03. The maximum atomic E-state index is 12.5. The second kappa shape index (κ2) is 7.46. The van der Waals surface area contributed by atoms with Gasteiger partial charge in [0.05, 0.1) is 6.61 Å². The average Bonchev–Trinajstić information content (AvgIpc) is 2.68. The van der Waals surface area contributed by atoms with Crippen molar-refractivity contribution in [2.24, 2.45) is 0 Å². The molecule has 0 saturated carbocycles. The van der Waals surface area contributed by atoms with Crippen LogP contribution in [0.1, 0.15) is 31.7 Å². The molecular weight excluding hydrogens is 322 g/mol. The van der Waals surface area contributed by atoms with Crippen molar-refractivity contribution >= 4 is 27.5 Å². The van der Waals surface area contributed by atoms with Crippen LogP contribution < -0.4 is 0 Å². The summed E-state index contributed by atoms with van der Waals surface area (Å²) in [5, 5.41) is 5.07. The zero-order valence-electron chi connectivity index (χ0n) is 15.3. The molecule has 0 aromatic heterocycles. The Balaban J connectivity index is 1.78. The Hall–Kier alpha value is -2.39. The third-order valence-corrected chi connectivity index (χ3v) is 5.42. The number of ether oxygens (including phenoxy) is 1. The molecule has 4 rings (SSSR count). The molecule has 0 spiro atoms. The molecule has 0 radical (unpaired) electrons. The van der Waals surface area contributed by atoms with E-state index in [1.165, 1.54) is 27.1 Å². The molecule has 134 valence electrons. The molecule has 0 bridgehead atoms. The van der Waals surface area contributed by atoms with Crippen LogP contribution in [0, 0.1) is 0 Å². The number of likely N-dealkylation sites (tertiary alicyclic amines) is 1. The summed E-state index contributed by atoms with van der Waals surface area (Å²) in [4.78, 5) is 14.8. The Labute approximate surface area is 154 Å². The first-order chi connectivity index (χ1) is 12.8. The summed E-state index contributed by atoms with van der Waals surface area (Å²) in [6.07, 6.45) is 3.12. The number of hydrogen-bond donors (Lipinski definition) is 0. The quantitative estimate of drug-likeness (QED) is 0.496. The first kappa shape index (κ1) is 17.0. The Morgan fingerprint density at radius 1 is 1.04 bits per heavy atom. The number of benzene rings is 3. The van der Waals surface area contributed by atoms with Gasteiger partial charge in [0.15, 0.2) is 0 Å². The van der Waals surface area contributed by atoms with Crippen LogP contribution in [0.15, 0.2) is 54.6 Å². The van der Waals surface area contributed by atoms with Crippen molar-refractivity contribution < 1.29 is 9.53 Å². The minimum absolute atomic E-state index is 0.0725. The second-order valence-corrected chi connectivity index (χ2v) is 7.03. The third-order valence-electron chi connectivity index (χ3n) is 5.42. The largest absolute Gasteiger partial charge is 0.465 e. The predicted octanol–water partition coefficient (Wildman–Crippen LogP) is 4.91. The molecule has 1 unspecified atom stereocenters. The number of rotatable bonds is 4. The van der Waals surface area contributed by atoms with Gasteiger partial charge in [-0.1, -0.05) is 55.0 Å². The number of piperidine rings is 1. The molecule has 1 fully saturated rings. The van der Waals surface area contributed by atoms with E-state index < -0.39 is 0 Å². The van der Waals surface area contributed by atoms with Gasteiger partial charge < -0.3 is 4.74 Å². The lowest BCUT2D eigenvalue weighted by Gasteiger charge is -2.34. The summed E-state index contributed by atoms with van der Waals surface area (Å²) in [7, 11) is 0. The van der Waals surface area contributed by atoms with E-state index in [-0.39, 0.29) is 12.0 Å². The maximum absolute atomic E-state index is 12.5. The van der Waals surface area contributed by atoms with E-state index in [4.69, 9.17) is 4.74 Å². The van der Waals surface area contributed by atoms with Crippen LogP contribution in [-0.2, 0) is 16.1 Å². The van der Waals surface area contributed by atoms with Gasteiger partial charge in [0, 0.05) is 6.54 Å². The molecule has 1 aliphatic heterocycles. The lowest BCUT2D eigenvalue weighted by molar-refractivity contribution is -0.151. The minimum Gasteiger partial charge on any atom is -0.465 e. The number of nitrogens with zero attached hydrogens (tertiary/aromatic N) is 1. The topological polar surface area (TPSA) is 29.5 Å². The highest BCUT2D eigenvalue weighted by Gasteiger charge is 2.30. The highest BCUT2D eigenvalue weighted by Crippen LogP contribution is 2.31. The standard InChI is InChI=1S/C23H25NO2/c1-2-26-23(25)22-13-7-8-14-24(22)16-21-19-11-5-3-9-17(19)15-18-10-4-6-12-20(18)21/h3-6,9-12,15,22H,2,7-8,13-14,16H2,1H3. The summed E-state index contributed by atoms with van der Waals surface area (Å²) >= 11 is 0. The van der Waals surface area contributed by atoms with Gasteiger partial charge in [-0.15, -0.1) is 0 Å². The van der Waals surface area contributed by atoms with Gasteiger partial charge >= 0.3 is 5.97 Å². The normalized spacial score (nSPS) is 18.3. The van der Waals surface area contributed by atoms with Gasteiger partial charge in [-0.3, -0.25) is 9.69 Å². The molecule has 0 N–H and O–H groups in total. The number of fused-ring (bicyclic) bond motifs is 2. The Morgan fingerprint density at radius 2 is 1.69 bits per heavy atom. The lowest BCUT2D eigenvalue weighted by Crippen LogP contribution is -2.45. The van der Waals surface area contributed by atoms with Crippen LogP contribution in [0.3, 0.4) is 0 Å². The SMILES string of the molecule is CCOC(=O)C1CCCCN1Cc1c2ccccc2cc2ccccc12. The van der Waals surface area contributed by atoms with Gasteiger partial charge in [0.25, 0.3) is 0 Å². The van der Waals surface area contributed by atoms with E-state index in [9.17, 15) is 4.79 Å². The molecule has 1 aliphatic rings. The number of carbonyl (C=O) groups is 1. The maximum Gasteiger partial charge on any atom is 0.323 e. The van der Waals surface area contributed by atoms with Crippen molar-refractivity contribution in [3.63, 3.8) is 0 Å². The van der Waals surface area contributed by atoms with Crippen molar-refractivity contribution in [3.05, 3.63) is 60.2 Å². The van der Waals surface area contributed by atoms with Crippen molar-refractivity contribution in [2.75, 3.05) is 13.2 Å². The van der Waals surface area contributed by atoms with Crippen molar-refractivity contribution in [3.8, 4) is 0 Å². The van der Waals surface area contributed by atoms with Crippen LogP contribution in [-0.4, -0.2) is 30.1 Å². The van der Waals surface area contributed by atoms with E-state index in [1.807, 2.05) is 6.92 Å². The molecule has 0 amide bonds. The number of carbonyl (C=O) groups excluding carboxylic acids is 1. The van der Waals surface area contributed by atoms with Crippen LogP contribution in [0.5, 0.6) is 0 Å². The number of hydrogen-bond acceptors (Lipinski definition) is 3. The zero-order valence-corrected chi connectivity index (χ0v) is 15.3. The van der Waals surface area contributed by atoms with Crippen LogP contribution in [0.4, 0.5) is 0 Å². The molecule has 26 heavy (non-hydrogen) atoms. The lowest BCUT2D eigenvalue weighted by atomic mass is 9.94. The highest BCUT2D eigenvalue weighted by atomic mass is 16.5. The monoisotopic (exact) mass is 347 g/mol. The van der Waals surface area contributed by atoms with Gasteiger partial charge in [-0.2, -0.15) is 0 Å². The molecule has 3 heteroatoms. The van der Waals surface area contributed by atoms with Crippen molar-refractivity contribution in [1.29, 1.82) is 0 Å². The Morgan fingerprint density at radius 3 is 2.35 bits per heavy atom. The molecule has 1 saturated heterocycles. The minimum atomic E-state index is -0.124. The first-order valence-electron chi connectivity index (χ1n) is 9.58. The molecule has 3 aromatic rings. The zero-order chi connectivity index (χ0) is 17.9. The third kappa shape index (κ3) is 3.19. The Bertz CT molecular complexity index is 880. The van der Waals surface area contributed by atoms with Gasteiger partial charge in [-0.25, -0.2) is 0 Å². The van der Waals surface area contributed by atoms with E-state index in [1.54, 1.807) is 0 Å². The van der Waals surface area contributed by atoms with Crippen molar-refractivity contribution in [2.45, 2.75) is 38.8 Å². The molecular formula is C23H25NO2. The fourth-order valence-electron chi connectivity index (χ4n) is 4.17. The molecule has 1 heterocycles. The van der Waals surface area contributed by atoms with E-state index in [2.05, 4.69) is 59.5 Å². The van der Waals surface area contributed by atoms with Crippen molar-refractivity contribution in [1.82, 2.24) is 4.90 Å². The molecule has 0 aliphatic carbocycles. The Kier molecular flexibility index (Phi) is 4.89. The van der Waals surface area contributed by atoms with Gasteiger partial charge in [-0.05, 0) is 59.5 Å². The summed E-state index contributed by atoms with van der Waals surface area (Å²) in [5.41, 5.74) is 1.31. The fourth-order valence-corrected chi connectivity index (χ4v) is 4.17. The smallest absolute Gasteiger partial charge is 0.323 e. The van der Waals surface area contributed by atoms with Crippen LogP contribution in [0.2, 0.25) is 0 Å². The molecule has 3 nitrogen and oxygen atoms in total. The highest BCUT2D eigenvalue weighted by molar-refractivity contribution is 6.02. The number of esters is 1. The van der Waals surface area contributed by atoms with Gasteiger partial charge in [0.2, 0.25) is 0 Å². The summed E-state index contributed by atoms with van der Waals surface area (Å²) in [6, 6.07) is 19.2. The van der Waals surface area contributed by atoms with E-state index in [0.29, 0.717) is 6.61 Å². The van der Waals surface area contributed by atoms with E-state index >= 15 is 0 Å². The van der Waals surface area contributed by atoms with Crippen LogP contribution >= 0.6 is 0 Å². The molecule has 1 atom stereocenters. The summed E-state index contributed by atoms with van der Waals surface area (Å²) in [6.45, 7) is 4.05. The molecule has 3 aromatic carbocycles. The summed E-state index contributed by atoms with van der Waals surface area (Å²) < 4.78 is 5.34. The fraction of sp³-hybridized carbons (Fsp3) is 0.348. The average molecular weight is 347 g/mol. The summed E-state index contributed by atoms with van der Waals surface area (Å²) in [5.74, 6) is -0.0725. The predicted molar refractivity (Wildman–Crippen MR) is 106 cm³/mol. The van der Waals surface area contributed by atoms with Crippen LogP contribution in [0.25, 0.3) is 21.5 Å². The van der Waals surface area contributed by atoms with Gasteiger partial charge in [0.1, 0.15) is 6.04 Å². The first-order valence-corrected chi connectivity index (χ1v) is 9.58.